The van der Waals surface area contributed by atoms with Crippen molar-refractivity contribution in [3.63, 3.8) is 0 Å². The molecule has 1 aliphatic heterocycles. The predicted octanol–water partition coefficient (Wildman–Crippen LogP) is 0.921. The molecular formula is C15H20N4O3. The Labute approximate surface area is 129 Å². The minimum absolute atomic E-state index is 0.135. The molecule has 1 aliphatic rings. The molecule has 0 aromatic heterocycles. The number of amides is 3. The second-order valence-electron chi connectivity index (χ2n) is 4.77. The Bertz CT molecular complexity index is 524. The summed E-state index contributed by atoms with van der Waals surface area (Å²) in [6, 6.07) is 6.24. The lowest BCUT2D eigenvalue weighted by atomic mass is 10.2. The fourth-order valence-electron chi connectivity index (χ4n) is 1.94. The number of ether oxygens (including phenoxy) is 1. The molecule has 22 heavy (non-hydrogen) atoms. The SMILES string of the molecule is C=CCNC(=O)Nc1ccc(NC(=O)C2COCCN2)cc1. The summed E-state index contributed by atoms with van der Waals surface area (Å²) in [5.74, 6) is -0.135. The molecule has 1 aromatic rings. The van der Waals surface area contributed by atoms with E-state index in [0.29, 0.717) is 37.7 Å². The Balaban J connectivity index is 1.84. The fraction of sp³-hybridized carbons (Fsp3) is 0.333. The molecule has 1 aromatic carbocycles. The first kappa shape index (κ1) is 16.0. The van der Waals surface area contributed by atoms with E-state index in [-0.39, 0.29) is 18.0 Å². The summed E-state index contributed by atoms with van der Waals surface area (Å²) in [5, 5.41) is 11.2. The lowest BCUT2D eigenvalue weighted by Gasteiger charge is -2.22. The van der Waals surface area contributed by atoms with Gasteiger partial charge in [-0.05, 0) is 24.3 Å². The van der Waals surface area contributed by atoms with E-state index in [4.69, 9.17) is 4.74 Å². The highest BCUT2D eigenvalue weighted by Gasteiger charge is 2.20. The standard InChI is InChI=1S/C15H20N4O3/c1-2-7-17-15(21)19-12-5-3-11(4-6-12)18-14(20)13-10-22-9-8-16-13/h2-6,13,16H,1,7-10H2,(H,18,20)(H2,17,19,21). The third-order valence-electron chi connectivity index (χ3n) is 3.06. The van der Waals surface area contributed by atoms with Gasteiger partial charge in [-0.2, -0.15) is 0 Å². The van der Waals surface area contributed by atoms with E-state index >= 15 is 0 Å². The molecule has 3 amide bonds. The van der Waals surface area contributed by atoms with Crippen LogP contribution in [0.5, 0.6) is 0 Å². The van der Waals surface area contributed by atoms with Crippen LogP contribution in [-0.4, -0.2) is 44.3 Å². The second kappa shape index (κ2) is 8.16. The van der Waals surface area contributed by atoms with E-state index in [0.717, 1.165) is 0 Å². The minimum Gasteiger partial charge on any atom is -0.378 e. The maximum absolute atomic E-state index is 12.0. The molecule has 1 fully saturated rings. The summed E-state index contributed by atoms with van der Waals surface area (Å²) in [5.41, 5.74) is 1.30. The molecular weight excluding hydrogens is 284 g/mol. The number of hydrogen-bond acceptors (Lipinski definition) is 4. The Morgan fingerprint density at radius 1 is 1.27 bits per heavy atom. The van der Waals surface area contributed by atoms with Crippen molar-refractivity contribution in [2.75, 3.05) is 36.9 Å². The molecule has 1 saturated heterocycles. The van der Waals surface area contributed by atoms with Crippen molar-refractivity contribution >= 4 is 23.3 Å². The zero-order valence-corrected chi connectivity index (χ0v) is 12.2. The van der Waals surface area contributed by atoms with Crippen molar-refractivity contribution < 1.29 is 14.3 Å². The van der Waals surface area contributed by atoms with Crippen LogP contribution >= 0.6 is 0 Å². The quantitative estimate of drug-likeness (QED) is 0.609. The van der Waals surface area contributed by atoms with Gasteiger partial charge in [-0.3, -0.25) is 4.79 Å². The maximum Gasteiger partial charge on any atom is 0.319 e. The Morgan fingerprint density at radius 3 is 2.55 bits per heavy atom. The van der Waals surface area contributed by atoms with Gasteiger partial charge in [0.2, 0.25) is 5.91 Å². The monoisotopic (exact) mass is 304 g/mol. The number of hydrogen-bond donors (Lipinski definition) is 4. The molecule has 7 nitrogen and oxygen atoms in total. The van der Waals surface area contributed by atoms with Gasteiger partial charge in [0.1, 0.15) is 6.04 Å². The maximum atomic E-state index is 12.0. The fourth-order valence-corrected chi connectivity index (χ4v) is 1.94. The molecule has 0 aliphatic carbocycles. The van der Waals surface area contributed by atoms with Crippen LogP contribution in [0.1, 0.15) is 0 Å². The smallest absolute Gasteiger partial charge is 0.319 e. The summed E-state index contributed by atoms with van der Waals surface area (Å²) in [6.07, 6.45) is 1.60. The lowest BCUT2D eigenvalue weighted by Crippen LogP contribution is -2.48. The zero-order valence-electron chi connectivity index (χ0n) is 12.2. The number of rotatable bonds is 5. The van der Waals surface area contributed by atoms with Crippen LogP contribution in [-0.2, 0) is 9.53 Å². The van der Waals surface area contributed by atoms with E-state index in [9.17, 15) is 9.59 Å². The van der Waals surface area contributed by atoms with Crippen LogP contribution in [0.2, 0.25) is 0 Å². The average molecular weight is 304 g/mol. The van der Waals surface area contributed by atoms with Gasteiger partial charge < -0.3 is 26.0 Å². The van der Waals surface area contributed by atoms with E-state index in [1.807, 2.05) is 0 Å². The molecule has 0 radical (unpaired) electrons. The van der Waals surface area contributed by atoms with E-state index < -0.39 is 0 Å². The molecule has 2 rings (SSSR count). The summed E-state index contributed by atoms with van der Waals surface area (Å²) < 4.78 is 5.25. The van der Waals surface area contributed by atoms with Gasteiger partial charge in [-0.15, -0.1) is 6.58 Å². The number of nitrogens with one attached hydrogen (secondary N) is 4. The number of urea groups is 1. The van der Waals surface area contributed by atoms with Crippen LogP contribution in [0, 0.1) is 0 Å². The Hall–Kier alpha value is -2.38. The van der Waals surface area contributed by atoms with Crippen LogP contribution < -0.4 is 21.3 Å². The van der Waals surface area contributed by atoms with Gasteiger partial charge in [-0.25, -0.2) is 4.79 Å². The van der Waals surface area contributed by atoms with Gasteiger partial charge in [-0.1, -0.05) is 6.08 Å². The molecule has 7 heteroatoms. The second-order valence-corrected chi connectivity index (χ2v) is 4.77. The average Bonchev–Trinajstić information content (AvgIpc) is 2.55. The lowest BCUT2D eigenvalue weighted by molar-refractivity contribution is -0.120. The van der Waals surface area contributed by atoms with Gasteiger partial charge in [0.25, 0.3) is 0 Å². The van der Waals surface area contributed by atoms with Crippen molar-refractivity contribution in [1.29, 1.82) is 0 Å². The highest BCUT2D eigenvalue weighted by Crippen LogP contribution is 2.14. The molecule has 1 heterocycles. The number of morpholine rings is 1. The minimum atomic E-state index is -0.337. The molecule has 4 N–H and O–H groups in total. The van der Waals surface area contributed by atoms with Crippen molar-refractivity contribution in [1.82, 2.24) is 10.6 Å². The van der Waals surface area contributed by atoms with Crippen molar-refractivity contribution in [3.05, 3.63) is 36.9 Å². The van der Waals surface area contributed by atoms with Crippen LogP contribution in [0.15, 0.2) is 36.9 Å². The van der Waals surface area contributed by atoms with Crippen molar-refractivity contribution in [3.8, 4) is 0 Å². The number of carbonyl (C=O) groups is 2. The van der Waals surface area contributed by atoms with E-state index in [1.54, 1.807) is 30.3 Å². The third-order valence-corrected chi connectivity index (χ3v) is 3.06. The summed E-state index contributed by atoms with van der Waals surface area (Å²) in [4.78, 5) is 23.5. The van der Waals surface area contributed by atoms with Crippen LogP contribution in [0.4, 0.5) is 16.2 Å². The number of benzene rings is 1. The van der Waals surface area contributed by atoms with Gasteiger partial charge in [0.15, 0.2) is 0 Å². The van der Waals surface area contributed by atoms with Crippen molar-refractivity contribution in [2.24, 2.45) is 0 Å². The Morgan fingerprint density at radius 2 is 1.95 bits per heavy atom. The van der Waals surface area contributed by atoms with E-state index in [1.165, 1.54) is 0 Å². The van der Waals surface area contributed by atoms with Crippen LogP contribution in [0.3, 0.4) is 0 Å². The first-order valence-corrected chi connectivity index (χ1v) is 7.07. The highest BCUT2D eigenvalue weighted by molar-refractivity contribution is 5.95. The normalized spacial score (nSPS) is 17.4. The largest absolute Gasteiger partial charge is 0.378 e. The third kappa shape index (κ3) is 4.87. The molecule has 118 valence electrons. The first-order valence-electron chi connectivity index (χ1n) is 7.07. The molecule has 1 unspecified atom stereocenters. The van der Waals surface area contributed by atoms with Gasteiger partial charge >= 0.3 is 6.03 Å². The molecule has 0 spiro atoms. The highest BCUT2D eigenvalue weighted by atomic mass is 16.5. The van der Waals surface area contributed by atoms with E-state index in [2.05, 4.69) is 27.8 Å². The first-order chi connectivity index (χ1) is 10.7. The molecule has 0 bridgehead atoms. The van der Waals surface area contributed by atoms with Crippen LogP contribution in [0.25, 0.3) is 0 Å². The summed E-state index contributed by atoms with van der Waals surface area (Å²) >= 11 is 0. The summed E-state index contributed by atoms with van der Waals surface area (Å²) in [6.45, 7) is 5.58. The number of carbonyl (C=O) groups excluding carboxylic acids is 2. The zero-order chi connectivity index (χ0) is 15.8. The predicted molar refractivity (Wildman–Crippen MR) is 84.9 cm³/mol. The Kier molecular flexibility index (Phi) is 5.93. The van der Waals surface area contributed by atoms with Gasteiger partial charge in [0, 0.05) is 24.5 Å². The molecule has 0 saturated carbocycles. The number of anilines is 2. The van der Waals surface area contributed by atoms with Gasteiger partial charge in [0.05, 0.1) is 13.2 Å². The van der Waals surface area contributed by atoms with Crippen molar-refractivity contribution in [2.45, 2.75) is 6.04 Å². The summed E-state index contributed by atoms with van der Waals surface area (Å²) in [7, 11) is 0. The molecule has 1 atom stereocenters. The topological polar surface area (TPSA) is 91.5 Å².